The molecule has 4 aliphatic rings. The zero-order chi connectivity index (χ0) is 8.72. The van der Waals surface area contributed by atoms with E-state index in [0.717, 1.165) is 6.42 Å². The zero-order valence-electron chi connectivity index (χ0n) is 7.50. The van der Waals surface area contributed by atoms with Crippen LogP contribution < -0.4 is 0 Å². The molecule has 4 aliphatic carbocycles. The molecule has 2 nitrogen and oxygen atoms in total. The second-order valence-electron chi connectivity index (χ2n) is 5.19. The summed E-state index contributed by atoms with van der Waals surface area (Å²) in [7, 11) is 0. The van der Waals surface area contributed by atoms with Gasteiger partial charge in [0.1, 0.15) is 5.78 Å². The smallest absolute Gasteiger partial charge is 0.143 e. The molecule has 0 spiro atoms. The number of ketones is 1. The van der Waals surface area contributed by atoms with Crippen molar-refractivity contribution in [3.05, 3.63) is 0 Å². The van der Waals surface area contributed by atoms with Crippen molar-refractivity contribution in [1.82, 2.24) is 0 Å². The molecule has 4 rings (SSSR count). The highest BCUT2D eigenvalue weighted by Gasteiger charge is 2.83. The molecule has 0 heterocycles. The molecule has 4 bridgehead atoms. The molecular formula is C10H14O2. The van der Waals surface area contributed by atoms with Gasteiger partial charge in [-0.25, -0.2) is 0 Å². The van der Waals surface area contributed by atoms with Crippen LogP contribution in [0.4, 0.5) is 0 Å². The average molecular weight is 166 g/mol. The summed E-state index contributed by atoms with van der Waals surface area (Å²) in [6.07, 6.45) is 1.04. The van der Waals surface area contributed by atoms with Crippen LogP contribution in [-0.4, -0.2) is 17.5 Å². The minimum atomic E-state index is -0.179. The summed E-state index contributed by atoms with van der Waals surface area (Å²) in [5.41, 5.74) is -0.263. The predicted molar refractivity (Wildman–Crippen MR) is 43.4 cm³/mol. The Balaban J connectivity index is 2.17. The molecule has 0 amide bonds. The second-order valence-corrected chi connectivity index (χ2v) is 5.19. The molecule has 5 unspecified atom stereocenters. The Labute approximate surface area is 72.0 Å². The Morgan fingerprint density at radius 3 is 2.42 bits per heavy atom. The first-order chi connectivity index (χ1) is 5.56. The van der Waals surface area contributed by atoms with E-state index in [1.54, 1.807) is 0 Å². The molecule has 0 radical (unpaired) electrons. The van der Waals surface area contributed by atoms with Crippen LogP contribution in [0.25, 0.3) is 0 Å². The maximum atomic E-state index is 11.8. The van der Waals surface area contributed by atoms with E-state index in [0.29, 0.717) is 23.5 Å². The highest BCUT2D eigenvalue weighted by Crippen LogP contribution is 2.81. The van der Waals surface area contributed by atoms with Gasteiger partial charge in [-0.15, -0.1) is 0 Å². The summed E-state index contributed by atoms with van der Waals surface area (Å²) in [5, 5.41) is 9.35. The Bertz CT molecular complexity index is 286. The SMILES string of the molecule is CC12CC3C(C1=O)C3C2(C)CO. The van der Waals surface area contributed by atoms with Gasteiger partial charge < -0.3 is 5.11 Å². The first-order valence-electron chi connectivity index (χ1n) is 4.71. The van der Waals surface area contributed by atoms with Crippen molar-refractivity contribution in [2.75, 3.05) is 6.61 Å². The number of Topliss-reactive ketones (excluding diaryl/α,β-unsaturated/α-hetero) is 1. The average Bonchev–Trinajstić information content (AvgIpc) is 2.56. The highest BCUT2D eigenvalue weighted by molar-refractivity contribution is 5.97. The molecule has 12 heavy (non-hydrogen) atoms. The van der Waals surface area contributed by atoms with Gasteiger partial charge in [0.15, 0.2) is 0 Å². The van der Waals surface area contributed by atoms with E-state index in [4.69, 9.17) is 0 Å². The fourth-order valence-electron chi connectivity index (χ4n) is 3.96. The molecule has 0 aliphatic heterocycles. The molecule has 0 aromatic rings. The van der Waals surface area contributed by atoms with Crippen LogP contribution >= 0.6 is 0 Å². The molecule has 4 saturated carbocycles. The number of aliphatic hydroxyl groups is 1. The first kappa shape index (κ1) is 7.07. The second kappa shape index (κ2) is 1.50. The molecule has 5 atom stereocenters. The third kappa shape index (κ3) is 0.395. The first-order valence-corrected chi connectivity index (χ1v) is 4.71. The van der Waals surface area contributed by atoms with Crippen molar-refractivity contribution in [2.24, 2.45) is 28.6 Å². The summed E-state index contributed by atoms with van der Waals surface area (Å²) in [6, 6.07) is 0. The number of aliphatic hydroxyl groups excluding tert-OH is 1. The zero-order valence-corrected chi connectivity index (χ0v) is 7.50. The summed E-state index contributed by atoms with van der Waals surface area (Å²) in [6.45, 7) is 4.32. The molecule has 0 aromatic carbocycles. The fraction of sp³-hybridized carbons (Fsp3) is 0.900. The lowest BCUT2D eigenvalue weighted by Crippen LogP contribution is -2.37. The molecule has 2 heteroatoms. The minimum absolute atomic E-state index is 0.0839. The number of hydrogen-bond acceptors (Lipinski definition) is 2. The van der Waals surface area contributed by atoms with Crippen LogP contribution in [0.5, 0.6) is 0 Å². The van der Waals surface area contributed by atoms with Crippen molar-refractivity contribution >= 4 is 5.78 Å². The Hall–Kier alpha value is -0.370. The maximum Gasteiger partial charge on any atom is 0.143 e. The predicted octanol–water partition coefficient (Wildman–Crippen LogP) is 0.840. The lowest BCUT2D eigenvalue weighted by Gasteiger charge is -2.34. The molecule has 66 valence electrons. The van der Waals surface area contributed by atoms with E-state index in [1.165, 1.54) is 0 Å². The monoisotopic (exact) mass is 166 g/mol. The van der Waals surface area contributed by atoms with E-state index >= 15 is 0 Å². The lowest BCUT2D eigenvalue weighted by molar-refractivity contribution is -0.129. The van der Waals surface area contributed by atoms with E-state index in [2.05, 4.69) is 6.92 Å². The third-order valence-corrected chi connectivity index (χ3v) is 4.98. The van der Waals surface area contributed by atoms with Gasteiger partial charge in [-0.3, -0.25) is 4.79 Å². The summed E-state index contributed by atoms with van der Waals surface area (Å²) in [5.74, 6) is 1.95. The normalized spacial score (nSPS) is 65.9. The van der Waals surface area contributed by atoms with Gasteiger partial charge in [-0.1, -0.05) is 13.8 Å². The topological polar surface area (TPSA) is 37.3 Å². The van der Waals surface area contributed by atoms with Gasteiger partial charge in [0.2, 0.25) is 0 Å². The summed E-state index contributed by atoms with van der Waals surface area (Å²) >= 11 is 0. The molecule has 0 saturated heterocycles. The molecular weight excluding hydrogens is 152 g/mol. The number of carbonyl (C=O) groups excluding carboxylic acids is 1. The van der Waals surface area contributed by atoms with Crippen molar-refractivity contribution in [1.29, 1.82) is 0 Å². The van der Waals surface area contributed by atoms with E-state index < -0.39 is 0 Å². The number of hydrogen-bond donors (Lipinski definition) is 1. The van der Waals surface area contributed by atoms with Gasteiger partial charge in [-0.05, 0) is 18.3 Å². The van der Waals surface area contributed by atoms with Crippen molar-refractivity contribution in [2.45, 2.75) is 20.3 Å². The van der Waals surface area contributed by atoms with E-state index in [1.807, 2.05) is 6.92 Å². The van der Waals surface area contributed by atoms with Gasteiger partial charge in [0, 0.05) is 23.4 Å². The Kier molecular flexibility index (Phi) is 0.885. The quantitative estimate of drug-likeness (QED) is 0.626. The van der Waals surface area contributed by atoms with Crippen LogP contribution in [0.2, 0.25) is 0 Å². The largest absolute Gasteiger partial charge is 0.396 e. The Morgan fingerprint density at radius 2 is 2.25 bits per heavy atom. The fourth-order valence-corrected chi connectivity index (χ4v) is 3.96. The molecule has 0 aromatic heterocycles. The van der Waals surface area contributed by atoms with Crippen LogP contribution in [0, 0.1) is 28.6 Å². The summed E-state index contributed by atoms with van der Waals surface area (Å²) < 4.78 is 0. The van der Waals surface area contributed by atoms with E-state index in [9.17, 15) is 9.90 Å². The lowest BCUT2D eigenvalue weighted by atomic mass is 9.69. The summed E-state index contributed by atoms with van der Waals surface area (Å²) in [4.78, 5) is 11.8. The molecule has 4 fully saturated rings. The van der Waals surface area contributed by atoms with Crippen molar-refractivity contribution < 1.29 is 9.90 Å². The van der Waals surface area contributed by atoms with Gasteiger partial charge in [0.25, 0.3) is 0 Å². The van der Waals surface area contributed by atoms with Gasteiger partial charge in [-0.2, -0.15) is 0 Å². The molecule has 1 N–H and O–H groups in total. The Morgan fingerprint density at radius 1 is 1.58 bits per heavy atom. The van der Waals surface area contributed by atoms with Crippen molar-refractivity contribution in [3.8, 4) is 0 Å². The number of rotatable bonds is 1. The maximum absolute atomic E-state index is 11.8. The van der Waals surface area contributed by atoms with E-state index in [-0.39, 0.29) is 17.4 Å². The number of carbonyl (C=O) groups is 1. The van der Waals surface area contributed by atoms with Gasteiger partial charge in [0.05, 0.1) is 0 Å². The highest BCUT2D eigenvalue weighted by atomic mass is 16.3. The van der Waals surface area contributed by atoms with Crippen LogP contribution in [0.1, 0.15) is 20.3 Å². The van der Waals surface area contributed by atoms with Crippen LogP contribution in [0.15, 0.2) is 0 Å². The third-order valence-electron chi connectivity index (χ3n) is 4.98. The minimum Gasteiger partial charge on any atom is -0.396 e. The van der Waals surface area contributed by atoms with Crippen molar-refractivity contribution in [3.63, 3.8) is 0 Å². The van der Waals surface area contributed by atoms with Gasteiger partial charge >= 0.3 is 0 Å². The van der Waals surface area contributed by atoms with Crippen LogP contribution in [0.3, 0.4) is 0 Å². The van der Waals surface area contributed by atoms with Crippen LogP contribution in [-0.2, 0) is 4.79 Å². The standard InChI is InChI=1S/C10H14O2/c1-9-3-5-6(8(9)12)7(5)10(9,2)4-11/h5-7,11H,3-4H2,1-2H3.